The van der Waals surface area contributed by atoms with Gasteiger partial charge in [-0.15, -0.1) is 0 Å². The smallest absolute Gasteiger partial charge is 0.308 e. The molecule has 0 unspecified atom stereocenters. The minimum absolute atomic E-state index is 0.100. The standard InChI is InChI=1S/C19H21NO3/c1-10(2)15-13-8-9-14(15)17(19(22)23)16(13)18(21)20-12-6-4-11(3)5-7-12/h4-9,13-14,16-17H,1-3H3,(H,20,21)(H,22,23)/t13-,14-,16+,17+/m1/s1. The van der Waals surface area contributed by atoms with Gasteiger partial charge in [0, 0.05) is 17.5 Å². The summed E-state index contributed by atoms with van der Waals surface area (Å²) in [6, 6.07) is 7.53. The molecule has 2 aliphatic rings. The van der Waals surface area contributed by atoms with Gasteiger partial charge in [0.15, 0.2) is 0 Å². The summed E-state index contributed by atoms with van der Waals surface area (Å²) in [6.45, 7) is 5.96. The SMILES string of the molecule is CC(C)=C1[C@H]2C=C[C@H]1[C@H](C(=O)Nc1ccc(C)cc1)[C@H]2C(=O)O. The van der Waals surface area contributed by atoms with Gasteiger partial charge in [0.2, 0.25) is 5.91 Å². The zero-order valence-corrected chi connectivity index (χ0v) is 13.5. The molecule has 0 aromatic heterocycles. The van der Waals surface area contributed by atoms with Crippen LogP contribution in [0.25, 0.3) is 0 Å². The van der Waals surface area contributed by atoms with Crippen LogP contribution in [-0.2, 0) is 9.59 Å². The highest BCUT2D eigenvalue weighted by molar-refractivity contribution is 5.97. The number of carboxylic acid groups (broad SMARTS) is 1. The quantitative estimate of drug-likeness (QED) is 0.841. The Bertz CT molecular complexity index is 711. The monoisotopic (exact) mass is 311 g/mol. The zero-order chi connectivity index (χ0) is 16.7. The molecule has 1 aromatic rings. The van der Waals surface area contributed by atoms with Crippen LogP contribution < -0.4 is 5.32 Å². The number of benzene rings is 1. The fraction of sp³-hybridized carbons (Fsp3) is 0.368. The van der Waals surface area contributed by atoms with E-state index in [0.29, 0.717) is 5.69 Å². The maximum atomic E-state index is 12.7. The number of carbonyl (C=O) groups is 2. The van der Waals surface area contributed by atoms with E-state index in [-0.39, 0.29) is 17.7 Å². The number of aryl methyl sites for hydroxylation is 1. The number of allylic oxidation sites excluding steroid dienone is 4. The molecule has 2 N–H and O–H groups in total. The molecule has 1 saturated carbocycles. The van der Waals surface area contributed by atoms with Crippen LogP contribution in [0.3, 0.4) is 0 Å². The summed E-state index contributed by atoms with van der Waals surface area (Å²) >= 11 is 0. The van der Waals surface area contributed by atoms with Crippen LogP contribution in [0.15, 0.2) is 47.6 Å². The van der Waals surface area contributed by atoms with Gasteiger partial charge in [-0.05, 0) is 32.9 Å². The van der Waals surface area contributed by atoms with Crippen LogP contribution in [0.4, 0.5) is 5.69 Å². The van der Waals surface area contributed by atoms with E-state index in [1.165, 1.54) is 0 Å². The van der Waals surface area contributed by atoms with Crippen molar-refractivity contribution < 1.29 is 14.7 Å². The maximum Gasteiger partial charge on any atom is 0.308 e. The molecule has 2 aliphatic carbocycles. The molecular weight excluding hydrogens is 290 g/mol. The van der Waals surface area contributed by atoms with Crippen molar-refractivity contribution in [3.8, 4) is 0 Å². The molecule has 4 atom stereocenters. The summed E-state index contributed by atoms with van der Waals surface area (Å²) in [5, 5.41) is 12.5. The molecule has 4 nitrogen and oxygen atoms in total. The first kappa shape index (κ1) is 15.5. The Morgan fingerprint density at radius 2 is 1.57 bits per heavy atom. The van der Waals surface area contributed by atoms with Gasteiger partial charge < -0.3 is 10.4 Å². The van der Waals surface area contributed by atoms with Gasteiger partial charge in [-0.3, -0.25) is 9.59 Å². The topological polar surface area (TPSA) is 66.4 Å². The lowest BCUT2D eigenvalue weighted by Crippen LogP contribution is -2.36. The van der Waals surface area contributed by atoms with Gasteiger partial charge in [-0.1, -0.05) is 41.0 Å². The Hall–Kier alpha value is -2.36. The first-order chi connectivity index (χ1) is 10.9. The van der Waals surface area contributed by atoms with Crippen molar-refractivity contribution in [2.24, 2.45) is 23.7 Å². The molecule has 1 amide bonds. The Balaban J connectivity index is 1.89. The highest BCUT2D eigenvalue weighted by Crippen LogP contribution is 2.53. The van der Waals surface area contributed by atoms with E-state index >= 15 is 0 Å². The maximum absolute atomic E-state index is 12.7. The number of carboxylic acids is 1. The average molecular weight is 311 g/mol. The number of hydrogen-bond donors (Lipinski definition) is 2. The Labute approximate surface area is 135 Å². The van der Waals surface area contributed by atoms with E-state index in [4.69, 9.17) is 0 Å². The van der Waals surface area contributed by atoms with Gasteiger partial charge in [-0.2, -0.15) is 0 Å². The second-order valence-corrected chi connectivity index (χ2v) is 6.64. The molecule has 0 aliphatic heterocycles. The zero-order valence-electron chi connectivity index (χ0n) is 13.5. The third-order valence-electron chi connectivity index (χ3n) is 4.89. The summed E-state index contributed by atoms with van der Waals surface area (Å²) in [5.41, 5.74) is 4.03. The van der Waals surface area contributed by atoms with Gasteiger partial charge in [-0.25, -0.2) is 0 Å². The van der Waals surface area contributed by atoms with Gasteiger partial charge in [0.25, 0.3) is 0 Å². The summed E-state index contributed by atoms with van der Waals surface area (Å²) in [6.07, 6.45) is 3.94. The molecule has 2 bridgehead atoms. The number of amides is 1. The van der Waals surface area contributed by atoms with E-state index in [9.17, 15) is 14.7 Å². The van der Waals surface area contributed by atoms with Gasteiger partial charge in [0.1, 0.15) is 0 Å². The predicted molar refractivity (Wildman–Crippen MR) is 88.9 cm³/mol. The average Bonchev–Trinajstić information content (AvgIpc) is 3.05. The van der Waals surface area contributed by atoms with E-state index in [1.54, 1.807) is 0 Å². The third kappa shape index (κ3) is 2.58. The molecule has 0 radical (unpaired) electrons. The highest BCUT2D eigenvalue weighted by Gasteiger charge is 2.54. The van der Waals surface area contributed by atoms with Crippen molar-refractivity contribution in [1.82, 2.24) is 0 Å². The predicted octanol–water partition coefficient (Wildman–Crippen LogP) is 3.40. The molecule has 0 spiro atoms. The first-order valence-corrected chi connectivity index (χ1v) is 7.86. The molecule has 1 aromatic carbocycles. The summed E-state index contributed by atoms with van der Waals surface area (Å²) < 4.78 is 0. The fourth-order valence-corrected chi connectivity index (χ4v) is 3.90. The Morgan fingerprint density at radius 3 is 2.09 bits per heavy atom. The third-order valence-corrected chi connectivity index (χ3v) is 4.89. The second-order valence-electron chi connectivity index (χ2n) is 6.64. The van der Waals surface area contributed by atoms with E-state index < -0.39 is 17.8 Å². The minimum Gasteiger partial charge on any atom is -0.481 e. The largest absolute Gasteiger partial charge is 0.481 e. The van der Waals surface area contributed by atoms with Crippen LogP contribution in [0.2, 0.25) is 0 Å². The van der Waals surface area contributed by atoms with Crippen molar-refractivity contribution in [1.29, 1.82) is 0 Å². The van der Waals surface area contributed by atoms with Crippen LogP contribution in [0.1, 0.15) is 19.4 Å². The van der Waals surface area contributed by atoms with Crippen LogP contribution in [0.5, 0.6) is 0 Å². The Morgan fingerprint density at radius 1 is 1.00 bits per heavy atom. The van der Waals surface area contributed by atoms with Crippen molar-refractivity contribution >= 4 is 17.6 Å². The lowest BCUT2D eigenvalue weighted by molar-refractivity contribution is -0.146. The number of hydrogen-bond acceptors (Lipinski definition) is 2. The number of aliphatic carboxylic acids is 1. The molecule has 3 rings (SSSR count). The van der Waals surface area contributed by atoms with Crippen LogP contribution >= 0.6 is 0 Å². The van der Waals surface area contributed by atoms with Crippen LogP contribution in [0, 0.1) is 30.6 Å². The number of fused-ring (bicyclic) bond motifs is 2. The molecule has 1 fully saturated rings. The lowest BCUT2D eigenvalue weighted by Gasteiger charge is -2.23. The number of rotatable bonds is 3. The second kappa shape index (κ2) is 5.69. The molecule has 4 heteroatoms. The molecule has 0 saturated heterocycles. The fourth-order valence-electron chi connectivity index (χ4n) is 3.90. The van der Waals surface area contributed by atoms with E-state index in [2.05, 4.69) is 5.32 Å². The normalized spacial score (nSPS) is 28.0. The molecule has 120 valence electrons. The Kier molecular flexibility index (Phi) is 3.84. The van der Waals surface area contributed by atoms with Crippen LogP contribution in [-0.4, -0.2) is 17.0 Å². The molecular formula is C19H21NO3. The lowest BCUT2D eigenvalue weighted by atomic mass is 9.82. The number of carbonyl (C=O) groups excluding carboxylic acids is 1. The van der Waals surface area contributed by atoms with E-state index in [1.807, 2.05) is 57.2 Å². The summed E-state index contributed by atoms with van der Waals surface area (Å²) in [4.78, 5) is 24.5. The van der Waals surface area contributed by atoms with E-state index in [0.717, 1.165) is 16.7 Å². The van der Waals surface area contributed by atoms with Gasteiger partial charge >= 0.3 is 5.97 Å². The van der Waals surface area contributed by atoms with Gasteiger partial charge in [0.05, 0.1) is 11.8 Å². The minimum atomic E-state index is -0.898. The number of nitrogens with one attached hydrogen (secondary N) is 1. The summed E-state index contributed by atoms with van der Waals surface area (Å²) in [7, 11) is 0. The van der Waals surface area contributed by atoms with Crippen molar-refractivity contribution in [2.45, 2.75) is 20.8 Å². The molecule has 23 heavy (non-hydrogen) atoms. The summed E-state index contributed by atoms with van der Waals surface area (Å²) in [5.74, 6) is -2.59. The van der Waals surface area contributed by atoms with Crippen molar-refractivity contribution in [3.05, 3.63) is 53.1 Å². The number of anilines is 1. The molecule has 0 heterocycles. The first-order valence-electron chi connectivity index (χ1n) is 7.86. The van der Waals surface area contributed by atoms with Crippen molar-refractivity contribution in [3.63, 3.8) is 0 Å². The van der Waals surface area contributed by atoms with Crippen molar-refractivity contribution in [2.75, 3.05) is 5.32 Å². The highest BCUT2D eigenvalue weighted by atomic mass is 16.4.